The Balaban J connectivity index is 3.04. The van der Waals surface area contributed by atoms with Gasteiger partial charge in [0.1, 0.15) is 5.75 Å². The molecule has 0 aliphatic carbocycles. The number of hydrogen-bond acceptors (Lipinski definition) is 3. The van der Waals surface area contributed by atoms with Gasteiger partial charge in [-0.3, -0.25) is 9.13 Å². The second kappa shape index (κ2) is 5.08. The first-order valence-electron chi connectivity index (χ1n) is 4.13. The smallest absolute Gasteiger partial charge is 0.378 e. The molecule has 0 saturated heterocycles. The van der Waals surface area contributed by atoms with Crippen molar-refractivity contribution in [2.24, 2.45) is 0 Å². The molecule has 1 aromatic rings. The monoisotopic (exact) mass is 302 g/mol. The first-order chi connectivity index (χ1) is 7.60. The molecule has 0 aliphatic rings. The summed E-state index contributed by atoms with van der Waals surface area (Å²) in [7, 11) is -10.2. The fourth-order valence-corrected chi connectivity index (χ4v) is 3.26. The third-order valence-corrected chi connectivity index (χ3v) is 5.01. The van der Waals surface area contributed by atoms with E-state index in [9.17, 15) is 9.13 Å². The van der Waals surface area contributed by atoms with Gasteiger partial charge in [0.25, 0.3) is 5.59 Å². The van der Waals surface area contributed by atoms with Crippen molar-refractivity contribution in [3.8, 4) is 5.75 Å². The predicted octanol–water partition coefficient (Wildman–Crippen LogP) is 1.36. The summed E-state index contributed by atoms with van der Waals surface area (Å²) >= 11 is 5.59. The van der Waals surface area contributed by atoms with Crippen molar-refractivity contribution in [3.63, 3.8) is 0 Å². The van der Waals surface area contributed by atoms with Crippen LogP contribution in [-0.4, -0.2) is 25.2 Å². The number of halogens is 1. The van der Waals surface area contributed by atoms with E-state index < -0.39 is 20.8 Å². The van der Waals surface area contributed by atoms with Gasteiger partial charge >= 0.3 is 15.2 Å². The van der Waals surface area contributed by atoms with Gasteiger partial charge < -0.3 is 24.3 Å². The van der Waals surface area contributed by atoms with E-state index in [1.807, 2.05) is 0 Å². The second-order valence-corrected chi connectivity index (χ2v) is 7.22. The molecule has 7 nitrogen and oxygen atoms in total. The van der Waals surface area contributed by atoms with Gasteiger partial charge in [-0.05, 0) is 18.2 Å². The lowest BCUT2D eigenvalue weighted by Crippen LogP contribution is -2.17. The van der Waals surface area contributed by atoms with Crippen LogP contribution in [0.5, 0.6) is 5.75 Å². The normalized spacial score (nSPS) is 12.8. The molecule has 96 valence electrons. The molecule has 17 heavy (non-hydrogen) atoms. The average molecular weight is 303 g/mol. The molecule has 0 amide bonds. The minimum absolute atomic E-state index is 0.144. The standard InChI is InChI=1S/C7H9ClO7P2/c8-5-2-1-3-6(4-5)15-7(16(9,10)11)17(12,13)14/h1-4,7H,(H2,9,10,11)(H2,12,13,14). The van der Waals surface area contributed by atoms with Crippen LogP contribution >= 0.6 is 26.8 Å². The highest BCUT2D eigenvalue weighted by Crippen LogP contribution is 2.60. The van der Waals surface area contributed by atoms with Gasteiger partial charge in [0, 0.05) is 5.02 Å². The molecule has 0 radical (unpaired) electrons. The summed E-state index contributed by atoms with van der Waals surface area (Å²) < 4.78 is 26.4. The van der Waals surface area contributed by atoms with E-state index in [-0.39, 0.29) is 10.8 Å². The van der Waals surface area contributed by atoms with Crippen molar-refractivity contribution in [1.82, 2.24) is 0 Å². The van der Waals surface area contributed by atoms with Crippen LogP contribution in [0.2, 0.25) is 5.02 Å². The molecule has 0 saturated carbocycles. The van der Waals surface area contributed by atoms with Gasteiger partial charge in [-0.15, -0.1) is 0 Å². The third kappa shape index (κ3) is 4.41. The van der Waals surface area contributed by atoms with Gasteiger partial charge in [-0.1, -0.05) is 17.7 Å². The second-order valence-electron chi connectivity index (χ2n) is 3.08. The number of ether oxygens (including phenoxy) is 1. The summed E-state index contributed by atoms with van der Waals surface area (Å²) in [6.07, 6.45) is 0. The minimum Gasteiger partial charge on any atom is -0.465 e. The van der Waals surface area contributed by atoms with Crippen molar-refractivity contribution in [3.05, 3.63) is 29.3 Å². The van der Waals surface area contributed by atoms with Crippen LogP contribution in [0.25, 0.3) is 0 Å². The Labute approximate surface area is 101 Å². The third-order valence-electron chi connectivity index (χ3n) is 1.61. The summed E-state index contributed by atoms with van der Waals surface area (Å²) in [5, 5.41) is 0.206. The zero-order valence-electron chi connectivity index (χ0n) is 8.17. The lowest BCUT2D eigenvalue weighted by atomic mass is 10.3. The lowest BCUT2D eigenvalue weighted by molar-refractivity contribution is 0.236. The Morgan fingerprint density at radius 1 is 1.12 bits per heavy atom. The predicted molar refractivity (Wildman–Crippen MR) is 60.0 cm³/mol. The van der Waals surface area contributed by atoms with Crippen LogP contribution in [0.15, 0.2) is 24.3 Å². The Bertz CT molecular complexity index is 471. The largest absolute Gasteiger partial charge is 0.465 e. The van der Waals surface area contributed by atoms with Crippen molar-refractivity contribution in [2.75, 3.05) is 0 Å². The molecule has 1 rings (SSSR count). The lowest BCUT2D eigenvalue weighted by Gasteiger charge is -2.20. The van der Waals surface area contributed by atoms with Gasteiger partial charge in [-0.25, -0.2) is 0 Å². The van der Waals surface area contributed by atoms with Crippen LogP contribution in [0, 0.1) is 0 Å². The maximum absolute atomic E-state index is 10.9. The zero-order chi connectivity index (χ0) is 13.3. The fraction of sp³-hybridized carbons (Fsp3) is 0.143. The Morgan fingerprint density at radius 3 is 2.06 bits per heavy atom. The fourth-order valence-electron chi connectivity index (χ4n) is 0.995. The van der Waals surface area contributed by atoms with Crippen molar-refractivity contribution in [2.45, 2.75) is 5.59 Å². The van der Waals surface area contributed by atoms with Crippen LogP contribution in [-0.2, 0) is 9.13 Å². The average Bonchev–Trinajstić information content (AvgIpc) is 2.10. The van der Waals surface area contributed by atoms with Crippen molar-refractivity contribution in [1.29, 1.82) is 0 Å². The highest BCUT2D eigenvalue weighted by molar-refractivity contribution is 7.70. The van der Waals surface area contributed by atoms with E-state index in [1.165, 1.54) is 24.3 Å². The van der Waals surface area contributed by atoms with Crippen molar-refractivity contribution >= 4 is 26.8 Å². The number of hydrogen-bond donors (Lipinski definition) is 4. The van der Waals surface area contributed by atoms with Gasteiger partial charge in [0.15, 0.2) is 0 Å². The molecule has 0 unspecified atom stereocenters. The summed E-state index contributed by atoms with van der Waals surface area (Å²) in [5.41, 5.74) is -2.53. The van der Waals surface area contributed by atoms with Crippen LogP contribution in [0.4, 0.5) is 0 Å². The molecule has 0 fully saturated rings. The van der Waals surface area contributed by atoms with E-state index in [0.717, 1.165) is 0 Å². The first kappa shape index (κ1) is 14.7. The van der Waals surface area contributed by atoms with E-state index in [2.05, 4.69) is 4.74 Å². The summed E-state index contributed by atoms with van der Waals surface area (Å²) in [4.78, 5) is 35.2. The molecular formula is C7H9ClO7P2. The Hall–Kier alpha value is -0.390. The highest BCUT2D eigenvalue weighted by atomic mass is 35.5. The van der Waals surface area contributed by atoms with E-state index in [1.54, 1.807) is 0 Å². The first-order valence-corrected chi connectivity index (χ1v) is 7.87. The van der Waals surface area contributed by atoms with Crippen LogP contribution in [0.1, 0.15) is 0 Å². The zero-order valence-corrected chi connectivity index (χ0v) is 10.7. The SMILES string of the molecule is O=P(O)(O)C(Oc1cccc(Cl)c1)P(=O)(O)O. The maximum Gasteiger partial charge on any atom is 0.378 e. The van der Waals surface area contributed by atoms with Gasteiger partial charge in [0.2, 0.25) is 0 Å². The molecule has 1 aromatic carbocycles. The molecule has 0 aromatic heterocycles. The number of benzene rings is 1. The molecule has 0 spiro atoms. The molecule has 0 atom stereocenters. The summed E-state index contributed by atoms with van der Waals surface area (Å²) in [6, 6.07) is 5.33. The van der Waals surface area contributed by atoms with Gasteiger partial charge in [0.05, 0.1) is 0 Å². The molecule has 4 N–H and O–H groups in total. The highest BCUT2D eigenvalue weighted by Gasteiger charge is 2.45. The molecule has 10 heteroatoms. The van der Waals surface area contributed by atoms with E-state index in [4.69, 9.17) is 31.2 Å². The Kier molecular flexibility index (Phi) is 4.38. The minimum atomic E-state index is -5.11. The molecule has 0 bridgehead atoms. The summed E-state index contributed by atoms with van der Waals surface area (Å²) in [5.74, 6) is -0.144. The molecule has 0 aliphatic heterocycles. The van der Waals surface area contributed by atoms with Crippen molar-refractivity contribution < 1.29 is 33.4 Å². The summed E-state index contributed by atoms with van der Waals surface area (Å²) in [6.45, 7) is 0. The van der Waals surface area contributed by atoms with Gasteiger partial charge in [-0.2, -0.15) is 0 Å². The van der Waals surface area contributed by atoms with Crippen LogP contribution < -0.4 is 4.74 Å². The van der Waals surface area contributed by atoms with E-state index in [0.29, 0.717) is 0 Å². The maximum atomic E-state index is 10.9. The molecular weight excluding hydrogens is 293 g/mol. The molecule has 0 heterocycles. The quantitative estimate of drug-likeness (QED) is 0.619. The van der Waals surface area contributed by atoms with Crippen LogP contribution in [0.3, 0.4) is 0 Å². The van der Waals surface area contributed by atoms with E-state index >= 15 is 0 Å². The Morgan fingerprint density at radius 2 is 1.65 bits per heavy atom. The topological polar surface area (TPSA) is 124 Å². The number of rotatable bonds is 4.